The molecule has 1 radical (unpaired) electrons. The smallest absolute Gasteiger partial charge is 0.550 e. The summed E-state index contributed by atoms with van der Waals surface area (Å²) in [5.41, 5.74) is 4.64. The molecule has 0 aromatic heterocycles. The summed E-state index contributed by atoms with van der Waals surface area (Å²) in [7, 11) is -3.18. The number of phenols is 2. The van der Waals surface area contributed by atoms with Crippen molar-refractivity contribution in [1.82, 2.24) is 0 Å². The van der Waals surface area contributed by atoms with E-state index < -0.39 is 28.1 Å². The number of hydrogen-bond donors (Lipinski definition) is 2. The second kappa shape index (κ2) is 17.9. The van der Waals surface area contributed by atoms with Crippen LogP contribution in [0.2, 0.25) is 39.3 Å². The molecule has 269 valence electrons. The molecule has 0 saturated heterocycles. The summed E-state index contributed by atoms with van der Waals surface area (Å²) in [6, 6.07) is 16.2. The third-order valence-corrected chi connectivity index (χ3v) is 11.2. The van der Waals surface area contributed by atoms with E-state index >= 15 is 0 Å². The number of aliphatic imine (C=N–C) groups is 2. The summed E-state index contributed by atoms with van der Waals surface area (Å²) >= 11 is 0. The van der Waals surface area contributed by atoms with Crippen LogP contribution in [0.15, 0.2) is 58.5 Å². The normalized spacial score (nSPS) is 12.0. The molecule has 0 aliphatic rings. The number of aliphatic carboxylic acids is 2. The standard InChI is InChI=1S/C34H48N2O2Si2.2C2H4O2.Co/c1-33(2,3)29-19-27(39(7,8)9)17-23(31(29)37)21-35-25-13-15-26(16-14-25)36-22-24-18-28(40(10,11)12)20-30(32(24)38)34(4,5)6;2*1-2(3)4;/h13-22,37-38H,1-12H3;2*1H3,(H,3,4);/q;;;+2/p-2. The van der Waals surface area contributed by atoms with Gasteiger partial charge in [-0.05, 0) is 60.1 Å². The second-order valence-corrected chi connectivity index (χ2v) is 26.1. The molecular weight excluding hydrogens is 696 g/mol. The molecule has 0 saturated carbocycles. The predicted molar refractivity (Wildman–Crippen MR) is 202 cm³/mol. The van der Waals surface area contributed by atoms with Crippen LogP contribution in [0.5, 0.6) is 11.5 Å². The van der Waals surface area contributed by atoms with Crippen molar-refractivity contribution < 1.29 is 46.8 Å². The number of hydrogen-bond acceptors (Lipinski definition) is 8. The molecule has 0 unspecified atom stereocenters. The van der Waals surface area contributed by atoms with Crippen LogP contribution in [0.3, 0.4) is 0 Å². The summed E-state index contributed by atoms with van der Waals surface area (Å²) in [6.45, 7) is 28.6. The second-order valence-electron chi connectivity index (χ2n) is 15.9. The zero-order valence-corrected chi connectivity index (χ0v) is 34.6. The number of phenolic OH excluding ortho intramolecular Hbond substituents is 2. The van der Waals surface area contributed by atoms with Gasteiger partial charge in [0.2, 0.25) is 0 Å². The third-order valence-electron chi connectivity index (χ3n) is 7.18. The maximum atomic E-state index is 11.1. The van der Waals surface area contributed by atoms with Crippen LogP contribution < -0.4 is 20.6 Å². The van der Waals surface area contributed by atoms with Crippen LogP contribution in [-0.2, 0) is 37.2 Å². The van der Waals surface area contributed by atoms with Crippen LogP contribution in [-0.4, -0.2) is 50.7 Å². The molecule has 3 aromatic carbocycles. The first-order chi connectivity index (χ1) is 21.6. The molecule has 0 aliphatic carbocycles. The van der Waals surface area contributed by atoms with Gasteiger partial charge in [0, 0.05) is 35.5 Å². The molecule has 2 N–H and O–H groups in total. The van der Waals surface area contributed by atoms with Gasteiger partial charge in [-0.2, -0.15) is 0 Å². The molecule has 0 amide bonds. The fraction of sp³-hybridized carbons (Fsp3) is 0.421. The molecule has 0 heterocycles. The topological polar surface area (TPSA) is 145 Å². The molecule has 3 aromatic rings. The van der Waals surface area contributed by atoms with E-state index in [-0.39, 0.29) is 27.6 Å². The third kappa shape index (κ3) is 15.3. The van der Waals surface area contributed by atoms with Crippen molar-refractivity contribution >= 4 is 62.3 Å². The zero-order valence-electron chi connectivity index (χ0n) is 31.5. The minimum absolute atomic E-state index is 0. The van der Waals surface area contributed by atoms with E-state index in [4.69, 9.17) is 19.8 Å². The van der Waals surface area contributed by atoms with Crippen molar-refractivity contribution in [2.75, 3.05) is 0 Å². The van der Waals surface area contributed by atoms with Crippen molar-refractivity contribution in [3.05, 3.63) is 70.8 Å². The Balaban J connectivity index is 0.00000230. The van der Waals surface area contributed by atoms with Gasteiger partial charge >= 0.3 is 16.8 Å². The van der Waals surface area contributed by atoms with Crippen LogP contribution in [0.4, 0.5) is 11.4 Å². The van der Waals surface area contributed by atoms with Crippen LogP contribution in [0.1, 0.15) is 77.6 Å². The van der Waals surface area contributed by atoms with E-state index in [9.17, 15) is 10.2 Å². The van der Waals surface area contributed by atoms with Gasteiger partial charge in [0.15, 0.2) is 0 Å². The molecular formula is C38H54CoN2O6Si2. The summed E-state index contributed by atoms with van der Waals surface area (Å²) < 4.78 is 0. The van der Waals surface area contributed by atoms with E-state index in [1.54, 1.807) is 12.4 Å². The van der Waals surface area contributed by atoms with E-state index in [0.717, 1.165) is 47.5 Å². The summed E-state index contributed by atoms with van der Waals surface area (Å²) in [6.07, 6.45) is 3.53. The monoisotopic (exact) mass is 749 g/mol. The maximum absolute atomic E-state index is 11.1. The summed E-state index contributed by atoms with van der Waals surface area (Å²) in [4.78, 5) is 27.1. The summed E-state index contributed by atoms with van der Waals surface area (Å²) in [5.74, 6) is -1.57. The fourth-order valence-electron chi connectivity index (χ4n) is 4.43. The first-order valence-electron chi connectivity index (χ1n) is 15.9. The van der Waals surface area contributed by atoms with Gasteiger partial charge < -0.3 is 30.0 Å². The van der Waals surface area contributed by atoms with E-state index in [0.29, 0.717) is 11.5 Å². The molecule has 0 atom stereocenters. The Bertz CT molecular complexity index is 1510. The van der Waals surface area contributed by atoms with Gasteiger partial charge in [0.1, 0.15) is 11.5 Å². The van der Waals surface area contributed by atoms with Crippen molar-refractivity contribution in [3.63, 3.8) is 0 Å². The predicted octanol–water partition coefficient (Wildman–Crippen LogP) is 5.79. The Morgan fingerprint density at radius 3 is 1.06 bits per heavy atom. The fourth-order valence-corrected chi connectivity index (χ4v) is 6.76. The number of benzene rings is 3. The van der Waals surface area contributed by atoms with Gasteiger partial charge in [0.05, 0.1) is 27.5 Å². The molecule has 8 nitrogen and oxygen atoms in total. The van der Waals surface area contributed by atoms with Crippen molar-refractivity contribution in [2.24, 2.45) is 9.98 Å². The minimum atomic E-state index is -1.59. The van der Waals surface area contributed by atoms with Crippen LogP contribution in [0, 0.1) is 0 Å². The van der Waals surface area contributed by atoms with Gasteiger partial charge in [-0.1, -0.05) is 115 Å². The molecule has 0 fully saturated rings. The first kappa shape index (κ1) is 45.5. The quantitative estimate of drug-likeness (QED) is 0.241. The Morgan fingerprint density at radius 2 is 0.857 bits per heavy atom. The Morgan fingerprint density at radius 1 is 0.612 bits per heavy atom. The number of carboxylic acid groups (broad SMARTS) is 2. The first-order valence-corrected chi connectivity index (χ1v) is 22.9. The Kier molecular flexibility index (Phi) is 16.6. The number of aromatic hydroxyl groups is 2. The summed E-state index contributed by atoms with van der Waals surface area (Å²) in [5, 5.41) is 42.5. The number of rotatable bonds is 6. The number of carboxylic acids is 2. The molecule has 49 heavy (non-hydrogen) atoms. The number of carbonyl (C=O) groups is 2. The van der Waals surface area contributed by atoms with Crippen molar-refractivity contribution in [3.8, 4) is 11.5 Å². The Labute approximate surface area is 305 Å². The number of carbonyl (C=O) groups excluding carboxylic acids is 2. The van der Waals surface area contributed by atoms with Crippen LogP contribution in [0.25, 0.3) is 0 Å². The van der Waals surface area contributed by atoms with Crippen molar-refractivity contribution in [2.45, 2.75) is 106 Å². The van der Waals surface area contributed by atoms with Gasteiger partial charge in [-0.25, -0.2) is 0 Å². The molecule has 0 bridgehead atoms. The molecule has 0 spiro atoms. The minimum Gasteiger partial charge on any atom is -0.550 e. The largest absolute Gasteiger partial charge is 2.00 e. The van der Waals surface area contributed by atoms with E-state index in [2.05, 4.69) is 115 Å². The SMILES string of the molecule is CC(=O)[O-].CC(=O)[O-].CC(C)(C)c1cc([Si](C)(C)C)cc(C=Nc2ccc(N=Cc3cc([Si](C)(C)C)cc(C(C)(C)C)c3O)cc2)c1O.[Co+2]. The molecule has 11 heteroatoms. The maximum Gasteiger partial charge on any atom is 2.00 e. The number of nitrogens with zero attached hydrogens (tertiary/aromatic N) is 2. The average molecular weight is 750 g/mol. The van der Waals surface area contributed by atoms with Gasteiger partial charge in [-0.15, -0.1) is 0 Å². The van der Waals surface area contributed by atoms with Gasteiger partial charge in [-0.3, -0.25) is 9.98 Å². The Hall–Kier alpha value is -3.52. The van der Waals surface area contributed by atoms with E-state index in [1.807, 2.05) is 24.3 Å². The van der Waals surface area contributed by atoms with Gasteiger partial charge in [0.25, 0.3) is 0 Å². The zero-order chi connectivity index (χ0) is 37.4. The average Bonchev–Trinajstić information content (AvgIpc) is 2.89. The van der Waals surface area contributed by atoms with Crippen molar-refractivity contribution in [1.29, 1.82) is 0 Å². The molecule has 3 rings (SSSR count). The van der Waals surface area contributed by atoms with E-state index in [1.165, 1.54) is 10.4 Å². The van der Waals surface area contributed by atoms with Crippen LogP contribution >= 0.6 is 0 Å². The molecule has 0 aliphatic heterocycles.